The maximum absolute atomic E-state index is 11.8. The molecule has 0 amide bonds. The number of rotatable bonds is 5. The van der Waals surface area contributed by atoms with Crippen molar-refractivity contribution >= 4 is 47.5 Å². The van der Waals surface area contributed by atoms with E-state index in [0.717, 1.165) is 75.1 Å². The number of hydrogen-bond donors (Lipinski definition) is 1. The van der Waals surface area contributed by atoms with E-state index in [1.807, 2.05) is 18.2 Å². The first-order chi connectivity index (χ1) is 14.1. The normalized spacial score (nSPS) is 19.7. The summed E-state index contributed by atoms with van der Waals surface area (Å²) in [5, 5.41) is 4.23. The molecule has 0 atom stereocenters. The third-order valence-electron chi connectivity index (χ3n) is 6.09. The summed E-state index contributed by atoms with van der Waals surface area (Å²) >= 11 is 6.57. The molecule has 2 fully saturated rings. The molecule has 6 nitrogen and oxygen atoms in total. The summed E-state index contributed by atoms with van der Waals surface area (Å²) in [7, 11) is 1.46. The van der Waals surface area contributed by atoms with Crippen molar-refractivity contribution in [3.63, 3.8) is 0 Å². The van der Waals surface area contributed by atoms with Crippen molar-refractivity contribution < 1.29 is 14.3 Å². The molecule has 8 heteroatoms. The van der Waals surface area contributed by atoms with Crippen molar-refractivity contribution in [3.05, 3.63) is 34.9 Å². The van der Waals surface area contributed by atoms with Gasteiger partial charge in [0.25, 0.3) is 0 Å². The van der Waals surface area contributed by atoms with E-state index in [0.29, 0.717) is 6.54 Å². The lowest BCUT2D eigenvalue weighted by Crippen LogP contribution is -2.47. The molecule has 0 radical (unpaired) electrons. The van der Waals surface area contributed by atoms with Crippen LogP contribution in [0.2, 0.25) is 5.02 Å². The Morgan fingerprint density at radius 1 is 1.30 bits per heavy atom. The number of likely N-dealkylation sites (tertiary alicyclic amines) is 1. The van der Waals surface area contributed by atoms with Gasteiger partial charge < -0.3 is 19.7 Å². The first-order valence-corrected chi connectivity index (χ1v) is 10.9. The molecule has 1 aromatic carbocycles. The van der Waals surface area contributed by atoms with Crippen LogP contribution >= 0.6 is 35.6 Å². The van der Waals surface area contributed by atoms with Crippen molar-refractivity contribution in [2.75, 3.05) is 46.5 Å². The van der Waals surface area contributed by atoms with Gasteiger partial charge in [-0.2, -0.15) is 0 Å². The fraction of sp³-hybridized carbons (Fsp3) is 0.636. The summed E-state index contributed by atoms with van der Waals surface area (Å²) in [5.41, 5.74) is 1.05. The molecule has 168 valence electrons. The highest BCUT2D eigenvalue weighted by Gasteiger charge is 2.36. The summed E-state index contributed by atoms with van der Waals surface area (Å²) in [6, 6.07) is 8.10. The van der Waals surface area contributed by atoms with Crippen molar-refractivity contribution in [2.24, 2.45) is 10.9 Å². The van der Waals surface area contributed by atoms with Gasteiger partial charge in [-0.25, -0.2) is 0 Å². The third-order valence-corrected chi connectivity index (χ3v) is 6.42. The molecule has 0 bridgehead atoms. The van der Waals surface area contributed by atoms with Crippen molar-refractivity contribution in [2.45, 2.75) is 38.0 Å². The highest BCUT2D eigenvalue weighted by molar-refractivity contribution is 14.0. The first kappa shape index (κ1) is 25.2. The van der Waals surface area contributed by atoms with Gasteiger partial charge >= 0.3 is 5.97 Å². The quantitative estimate of drug-likeness (QED) is 0.262. The second kappa shape index (κ2) is 12.1. The van der Waals surface area contributed by atoms with Crippen LogP contribution in [0.15, 0.2) is 29.3 Å². The first-order valence-electron chi connectivity index (χ1n) is 10.5. The largest absolute Gasteiger partial charge is 0.469 e. The number of halogens is 2. The predicted octanol–water partition coefficient (Wildman–Crippen LogP) is 3.86. The molecule has 2 aliphatic rings. The Morgan fingerprint density at radius 3 is 2.57 bits per heavy atom. The zero-order valence-electron chi connectivity index (χ0n) is 17.9. The monoisotopic (exact) mass is 549 g/mol. The van der Waals surface area contributed by atoms with E-state index in [1.54, 1.807) is 0 Å². The zero-order chi connectivity index (χ0) is 20.7. The van der Waals surface area contributed by atoms with Crippen LogP contribution in [0.25, 0.3) is 0 Å². The molecule has 0 unspecified atom stereocenters. The SMILES string of the molecule is CCNC(=NCC1(c2ccccc2Cl)CCOCC1)N1CCC(C(=O)OC)CC1.I. The number of nitrogens with zero attached hydrogens (tertiary/aromatic N) is 2. The Labute approximate surface area is 201 Å². The average Bonchev–Trinajstić information content (AvgIpc) is 2.77. The fourth-order valence-electron chi connectivity index (χ4n) is 4.31. The second-order valence-corrected chi connectivity index (χ2v) is 8.23. The van der Waals surface area contributed by atoms with Crippen LogP contribution in [0.3, 0.4) is 0 Å². The molecule has 0 aromatic heterocycles. The minimum atomic E-state index is -0.110. The van der Waals surface area contributed by atoms with Gasteiger partial charge in [0.2, 0.25) is 0 Å². The van der Waals surface area contributed by atoms with E-state index in [1.165, 1.54) is 7.11 Å². The number of carbonyl (C=O) groups is 1. The van der Waals surface area contributed by atoms with E-state index < -0.39 is 0 Å². The smallest absolute Gasteiger partial charge is 0.308 e. The standard InChI is InChI=1S/C22H32ClN3O3.HI/c1-3-24-21(26-12-8-17(9-13-26)20(27)28-2)25-16-22(10-14-29-15-11-22)18-6-4-5-7-19(18)23;/h4-7,17H,3,8-16H2,1-2H3,(H,24,25);1H. The van der Waals surface area contributed by atoms with Gasteiger partial charge in [-0.3, -0.25) is 9.79 Å². The molecule has 1 aromatic rings. The number of benzene rings is 1. The molecule has 1 N–H and O–H groups in total. The number of ether oxygens (including phenoxy) is 2. The summed E-state index contributed by atoms with van der Waals surface area (Å²) in [4.78, 5) is 19.1. The van der Waals surface area contributed by atoms with Gasteiger partial charge in [0.1, 0.15) is 0 Å². The summed E-state index contributed by atoms with van der Waals surface area (Å²) in [6.07, 6.45) is 3.40. The topological polar surface area (TPSA) is 63.2 Å². The lowest BCUT2D eigenvalue weighted by Gasteiger charge is -2.38. The van der Waals surface area contributed by atoms with Gasteiger partial charge in [-0.15, -0.1) is 24.0 Å². The van der Waals surface area contributed by atoms with E-state index in [-0.39, 0.29) is 41.3 Å². The number of esters is 1. The minimum Gasteiger partial charge on any atom is -0.469 e. The van der Waals surface area contributed by atoms with Crippen molar-refractivity contribution in [1.29, 1.82) is 0 Å². The number of nitrogens with one attached hydrogen (secondary N) is 1. The Bertz CT molecular complexity index is 717. The molecule has 2 saturated heterocycles. The number of carbonyl (C=O) groups excluding carboxylic acids is 1. The number of hydrogen-bond acceptors (Lipinski definition) is 4. The van der Waals surface area contributed by atoms with Crippen LogP contribution in [-0.4, -0.2) is 63.3 Å². The third kappa shape index (κ3) is 6.01. The van der Waals surface area contributed by atoms with Crippen LogP contribution in [-0.2, 0) is 19.7 Å². The zero-order valence-corrected chi connectivity index (χ0v) is 20.9. The van der Waals surface area contributed by atoms with Crippen LogP contribution in [0.1, 0.15) is 38.2 Å². The van der Waals surface area contributed by atoms with Gasteiger partial charge in [-0.05, 0) is 44.2 Å². The van der Waals surface area contributed by atoms with E-state index >= 15 is 0 Å². The summed E-state index contributed by atoms with van der Waals surface area (Å²) < 4.78 is 10.5. The van der Waals surface area contributed by atoms with Gasteiger partial charge in [-0.1, -0.05) is 29.8 Å². The predicted molar refractivity (Wildman–Crippen MR) is 131 cm³/mol. The van der Waals surface area contributed by atoms with Gasteiger partial charge in [0.15, 0.2) is 5.96 Å². The van der Waals surface area contributed by atoms with Crippen LogP contribution in [0, 0.1) is 5.92 Å². The van der Waals surface area contributed by atoms with E-state index in [4.69, 9.17) is 26.1 Å². The Hall–Kier alpha value is -1.06. The maximum Gasteiger partial charge on any atom is 0.308 e. The molecule has 0 saturated carbocycles. The number of guanidine groups is 1. The lowest BCUT2D eigenvalue weighted by atomic mass is 9.74. The molecule has 30 heavy (non-hydrogen) atoms. The van der Waals surface area contributed by atoms with Crippen LogP contribution in [0.4, 0.5) is 0 Å². The van der Waals surface area contributed by atoms with E-state index in [2.05, 4.69) is 23.2 Å². The highest BCUT2D eigenvalue weighted by atomic mass is 127. The second-order valence-electron chi connectivity index (χ2n) is 7.83. The van der Waals surface area contributed by atoms with Crippen molar-refractivity contribution in [3.8, 4) is 0 Å². The minimum absolute atomic E-state index is 0. The van der Waals surface area contributed by atoms with E-state index in [9.17, 15) is 4.79 Å². The molecule has 0 aliphatic carbocycles. The molecule has 2 aliphatic heterocycles. The summed E-state index contributed by atoms with van der Waals surface area (Å²) in [6.45, 7) is 6.59. The van der Waals surface area contributed by atoms with Crippen LogP contribution in [0.5, 0.6) is 0 Å². The Kier molecular flexibility index (Phi) is 10.2. The van der Waals surface area contributed by atoms with Crippen LogP contribution < -0.4 is 5.32 Å². The average molecular weight is 550 g/mol. The van der Waals surface area contributed by atoms with Gasteiger partial charge in [0.05, 0.1) is 19.6 Å². The molecule has 0 spiro atoms. The molecule has 2 heterocycles. The Balaban J connectivity index is 0.00000320. The number of aliphatic imine (C=N–C) groups is 1. The lowest BCUT2D eigenvalue weighted by molar-refractivity contribution is -0.146. The molecular weight excluding hydrogens is 517 g/mol. The Morgan fingerprint density at radius 2 is 1.97 bits per heavy atom. The maximum atomic E-state index is 11.8. The summed E-state index contributed by atoms with van der Waals surface area (Å²) in [5.74, 6) is 0.796. The van der Waals surface area contributed by atoms with Crippen molar-refractivity contribution in [1.82, 2.24) is 10.2 Å². The van der Waals surface area contributed by atoms with Gasteiger partial charge in [0, 0.05) is 43.3 Å². The highest BCUT2D eigenvalue weighted by Crippen LogP contribution is 2.39. The molecule has 3 rings (SSSR count). The fourth-order valence-corrected chi connectivity index (χ4v) is 4.65. The molecular formula is C22H33ClIN3O3. The number of methoxy groups -OCH3 is 1. The number of piperidine rings is 1.